The lowest BCUT2D eigenvalue weighted by Gasteiger charge is -2.18. The lowest BCUT2D eigenvalue weighted by atomic mass is 10.1. The minimum atomic E-state index is -0.0357. The summed E-state index contributed by atoms with van der Waals surface area (Å²) in [7, 11) is 0. The number of benzene rings is 1. The molecular weight excluding hydrogens is 312 g/mol. The van der Waals surface area contributed by atoms with E-state index in [1.807, 2.05) is 35.1 Å². The van der Waals surface area contributed by atoms with E-state index >= 15 is 0 Å². The molecule has 0 spiro atoms. The van der Waals surface area contributed by atoms with E-state index in [-0.39, 0.29) is 11.6 Å². The van der Waals surface area contributed by atoms with Crippen LogP contribution >= 0.6 is 11.6 Å². The Morgan fingerprint density at radius 3 is 2.78 bits per heavy atom. The van der Waals surface area contributed by atoms with Crippen LogP contribution in [-0.2, 0) is 12.1 Å². The van der Waals surface area contributed by atoms with Crippen molar-refractivity contribution in [2.24, 2.45) is 0 Å². The van der Waals surface area contributed by atoms with Gasteiger partial charge in [-0.3, -0.25) is 4.90 Å². The summed E-state index contributed by atoms with van der Waals surface area (Å²) in [6.07, 6.45) is 3.20. The van der Waals surface area contributed by atoms with Crippen molar-refractivity contribution in [3.05, 3.63) is 41.2 Å². The highest BCUT2D eigenvalue weighted by molar-refractivity contribution is 6.32. The Bertz CT molecular complexity index is 665. The van der Waals surface area contributed by atoms with E-state index in [1.165, 1.54) is 0 Å². The van der Waals surface area contributed by atoms with E-state index in [0.29, 0.717) is 5.02 Å². The van der Waals surface area contributed by atoms with Crippen LogP contribution in [-0.4, -0.2) is 39.1 Å². The zero-order chi connectivity index (χ0) is 16.4. The summed E-state index contributed by atoms with van der Waals surface area (Å²) in [5.74, 6) is 0.764. The number of halogens is 1. The van der Waals surface area contributed by atoms with Gasteiger partial charge in [0.25, 0.3) is 0 Å². The predicted octanol–water partition coefficient (Wildman–Crippen LogP) is 3.34. The van der Waals surface area contributed by atoms with Gasteiger partial charge in [-0.05, 0) is 39.3 Å². The summed E-state index contributed by atoms with van der Waals surface area (Å²) in [6, 6.07) is 7.63. The second-order valence-electron chi connectivity index (χ2n) is 7.02. The number of hydrogen-bond acceptors (Lipinski definition) is 4. The molecule has 3 rings (SSSR count). The molecule has 1 atom stereocenters. The topological polar surface area (TPSA) is 43.2 Å². The van der Waals surface area contributed by atoms with Crippen molar-refractivity contribution in [3.8, 4) is 5.75 Å². The average Bonchev–Trinajstić information content (AvgIpc) is 3.11. The molecule has 23 heavy (non-hydrogen) atoms. The first-order valence-electron chi connectivity index (χ1n) is 7.97. The first-order valence-corrected chi connectivity index (χ1v) is 8.35. The smallest absolute Gasteiger partial charge is 0.138 e. The molecule has 5 nitrogen and oxygen atoms in total. The van der Waals surface area contributed by atoms with Gasteiger partial charge in [-0.15, -0.1) is 5.10 Å². The monoisotopic (exact) mass is 334 g/mol. The lowest BCUT2D eigenvalue weighted by molar-refractivity contribution is 0.198. The molecule has 6 heteroatoms. The van der Waals surface area contributed by atoms with Crippen molar-refractivity contribution in [1.82, 2.24) is 19.9 Å². The minimum absolute atomic E-state index is 0.0357. The number of likely N-dealkylation sites (tertiary alicyclic amines) is 1. The van der Waals surface area contributed by atoms with E-state index in [9.17, 15) is 0 Å². The molecule has 0 N–H and O–H groups in total. The Labute approximate surface area is 142 Å². The number of nitrogens with zero attached hydrogens (tertiary/aromatic N) is 4. The summed E-state index contributed by atoms with van der Waals surface area (Å²) in [6.45, 7) is 9.04. The molecule has 0 saturated carbocycles. The van der Waals surface area contributed by atoms with E-state index in [1.54, 1.807) is 0 Å². The Hall–Kier alpha value is -1.59. The fraction of sp³-hybridized carbons (Fsp3) is 0.529. The van der Waals surface area contributed by atoms with Crippen LogP contribution in [0.5, 0.6) is 5.75 Å². The van der Waals surface area contributed by atoms with E-state index in [4.69, 9.17) is 16.3 Å². The molecule has 1 saturated heterocycles. The summed E-state index contributed by atoms with van der Waals surface area (Å²) in [4.78, 5) is 2.35. The van der Waals surface area contributed by atoms with Crippen molar-refractivity contribution in [2.45, 2.75) is 45.4 Å². The van der Waals surface area contributed by atoms with E-state index in [2.05, 4.69) is 36.0 Å². The van der Waals surface area contributed by atoms with Crippen LogP contribution in [0.4, 0.5) is 0 Å². The van der Waals surface area contributed by atoms with Crippen LogP contribution in [0.3, 0.4) is 0 Å². The van der Waals surface area contributed by atoms with Gasteiger partial charge in [0.15, 0.2) is 0 Å². The molecule has 1 aromatic carbocycles. The molecule has 0 amide bonds. The summed E-state index contributed by atoms with van der Waals surface area (Å²) in [5, 5.41) is 9.16. The second kappa shape index (κ2) is 6.49. The van der Waals surface area contributed by atoms with Crippen molar-refractivity contribution in [1.29, 1.82) is 0 Å². The Morgan fingerprint density at radius 1 is 1.30 bits per heavy atom. The largest absolute Gasteiger partial charge is 0.487 e. The van der Waals surface area contributed by atoms with Crippen LogP contribution < -0.4 is 4.74 Å². The zero-order valence-corrected chi connectivity index (χ0v) is 14.6. The van der Waals surface area contributed by atoms with Gasteiger partial charge in [-0.1, -0.05) is 28.9 Å². The highest BCUT2D eigenvalue weighted by Crippen LogP contribution is 2.26. The van der Waals surface area contributed by atoms with E-state index < -0.39 is 0 Å². The third-order valence-corrected chi connectivity index (χ3v) is 4.29. The van der Waals surface area contributed by atoms with E-state index in [0.717, 1.165) is 37.5 Å². The molecule has 0 aliphatic carbocycles. The molecule has 1 unspecified atom stereocenters. The van der Waals surface area contributed by atoms with Crippen LogP contribution in [0.1, 0.15) is 32.9 Å². The normalized spacial score (nSPS) is 19.2. The maximum Gasteiger partial charge on any atom is 0.138 e. The molecule has 2 heterocycles. The summed E-state index contributed by atoms with van der Waals surface area (Å²) >= 11 is 6.15. The highest BCUT2D eigenvalue weighted by Gasteiger charge is 2.25. The van der Waals surface area contributed by atoms with Crippen LogP contribution in [0.15, 0.2) is 30.5 Å². The molecule has 1 fully saturated rings. The number of hydrogen-bond donors (Lipinski definition) is 0. The van der Waals surface area contributed by atoms with Crippen molar-refractivity contribution in [2.75, 3.05) is 13.1 Å². The molecule has 2 aromatic rings. The van der Waals surface area contributed by atoms with Gasteiger partial charge >= 0.3 is 0 Å². The maximum absolute atomic E-state index is 6.15. The van der Waals surface area contributed by atoms with Crippen LogP contribution in [0.2, 0.25) is 5.02 Å². The number of aromatic nitrogens is 3. The quantitative estimate of drug-likeness (QED) is 0.860. The molecule has 1 aliphatic heterocycles. The Morgan fingerprint density at radius 2 is 2.09 bits per heavy atom. The van der Waals surface area contributed by atoms with Gasteiger partial charge in [0, 0.05) is 19.6 Å². The summed E-state index contributed by atoms with van der Waals surface area (Å²) in [5.41, 5.74) is 0.963. The third kappa shape index (κ3) is 4.03. The lowest BCUT2D eigenvalue weighted by Crippen LogP contribution is -2.25. The van der Waals surface area contributed by atoms with Gasteiger partial charge in [0.1, 0.15) is 11.9 Å². The fourth-order valence-corrected chi connectivity index (χ4v) is 2.86. The standard InChI is InChI=1S/C17H23ClN4O/c1-17(2,3)22-11-13(19-20-22)10-21-9-8-14(12-21)23-16-7-5-4-6-15(16)18/h4-7,11,14H,8-10,12H2,1-3H3. The van der Waals surface area contributed by atoms with Gasteiger partial charge < -0.3 is 4.74 Å². The molecule has 124 valence electrons. The molecule has 0 bridgehead atoms. The van der Waals surface area contributed by atoms with Crippen molar-refractivity contribution in [3.63, 3.8) is 0 Å². The van der Waals surface area contributed by atoms with Gasteiger partial charge in [-0.2, -0.15) is 0 Å². The number of ether oxygens (including phenoxy) is 1. The number of para-hydroxylation sites is 1. The molecule has 1 aliphatic rings. The zero-order valence-electron chi connectivity index (χ0n) is 13.9. The third-order valence-electron chi connectivity index (χ3n) is 3.97. The predicted molar refractivity (Wildman–Crippen MR) is 90.8 cm³/mol. The SMILES string of the molecule is CC(C)(C)n1cc(CN2CCC(Oc3ccccc3Cl)C2)nn1. The van der Waals surface area contributed by atoms with Crippen LogP contribution in [0, 0.1) is 0 Å². The molecule has 1 aromatic heterocycles. The average molecular weight is 335 g/mol. The van der Waals surface area contributed by atoms with Crippen molar-refractivity contribution >= 4 is 11.6 Å². The maximum atomic E-state index is 6.15. The van der Waals surface area contributed by atoms with Gasteiger partial charge in [-0.25, -0.2) is 4.68 Å². The molecular formula is C17H23ClN4O. The number of rotatable bonds is 4. The van der Waals surface area contributed by atoms with Gasteiger partial charge in [0.2, 0.25) is 0 Å². The molecule has 0 radical (unpaired) electrons. The minimum Gasteiger partial charge on any atom is -0.487 e. The highest BCUT2D eigenvalue weighted by atomic mass is 35.5. The second-order valence-corrected chi connectivity index (χ2v) is 7.43. The Balaban J connectivity index is 1.56. The Kier molecular flexibility index (Phi) is 4.60. The van der Waals surface area contributed by atoms with Crippen molar-refractivity contribution < 1.29 is 4.74 Å². The fourth-order valence-electron chi connectivity index (χ4n) is 2.68. The first kappa shape index (κ1) is 16.3. The van der Waals surface area contributed by atoms with Crippen LogP contribution in [0.25, 0.3) is 0 Å². The van der Waals surface area contributed by atoms with Gasteiger partial charge in [0.05, 0.1) is 22.5 Å². The first-order chi connectivity index (χ1) is 10.9. The summed E-state index contributed by atoms with van der Waals surface area (Å²) < 4.78 is 7.93.